The number of aryl methyl sites for hydroxylation is 1. The number of benzene rings is 1. The van der Waals surface area contributed by atoms with Crippen molar-refractivity contribution in [3.63, 3.8) is 0 Å². The van der Waals surface area contributed by atoms with Gasteiger partial charge in [0.25, 0.3) is 0 Å². The lowest BCUT2D eigenvalue weighted by Gasteiger charge is -2.36. The van der Waals surface area contributed by atoms with E-state index in [0.717, 1.165) is 6.54 Å². The lowest BCUT2D eigenvalue weighted by Crippen LogP contribution is -2.45. The normalized spacial score (nSPS) is 18.8. The summed E-state index contributed by atoms with van der Waals surface area (Å²) >= 11 is 0. The Bertz CT molecular complexity index is 447. The molecule has 2 atom stereocenters. The van der Waals surface area contributed by atoms with E-state index in [0.29, 0.717) is 12.0 Å². The highest BCUT2D eigenvalue weighted by Crippen LogP contribution is 2.29. The van der Waals surface area contributed by atoms with Gasteiger partial charge in [-0.25, -0.2) is 0 Å². The lowest BCUT2D eigenvalue weighted by atomic mass is 9.98. The third-order valence-corrected chi connectivity index (χ3v) is 4.67. The van der Waals surface area contributed by atoms with E-state index in [1.807, 2.05) is 0 Å². The third kappa shape index (κ3) is 4.47. The monoisotopic (exact) mass is 288 g/mol. The van der Waals surface area contributed by atoms with Gasteiger partial charge in [0.05, 0.1) is 0 Å². The molecular weight excluding hydrogens is 256 g/mol. The summed E-state index contributed by atoms with van der Waals surface area (Å²) in [4.78, 5) is 2.64. The molecule has 0 radical (unpaired) electrons. The summed E-state index contributed by atoms with van der Waals surface area (Å²) in [6, 6.07) is 9.54. The van der Waals surface area contributed by atoms with Gasteiger partial charge in [-0.3, -0.25) is 0 Å². The molecule has 0 aliphatic carbocycles. The van der Waals surface area contributed by atoms with Gasteiger partial charge in [0.1, 0.15) is 0 Å². The highest BCUT2D eigenvalue weighted by atomic mass is 15.2. The molecule has 0 amide bonds. The van der Waals surface area contributed by atoms with Crippen LogP contribution in [0.15, 0.2) is 24.3 Å². The molecule has 1 N–H and O–H groups in total. The smallest absolute Gasteiger partial charge is 0.0401 e. The molecule has 2 rings (SSSR count). The molecule has 1 aliphatic rings. The van der Waals surface area contributed by atoms with Crippen molar-refractivity contribution in [2.24, 2.45) is 5.92 Å². The molecule has 1 aromatic rings. The molecule has 0 saturated carbocycles. The quantitative estimate of drug-likeness (QED) is 0.891. The molecular formula is C19H32N2. The van der Waals surface area contributed by atoms with E-state index in [-0.39, 0.29) is 5.54 Å². The van der Waals surface area contributed by atoms with Crippen molar-refractivity contribution >= 4 is 5.69 Å². The van der Waals surface area contributed by atoms with Gasteiger partial charge in [0.2, 0.25) is 0 Å². The van der Waals surface area contributed by atoms with Crippen molar-refractivity contribution in [1.82, 2.24) is 5.32 Å². The zero-order chi connectivity index (χ0) is 15.5. The van der Waals surface area contributed by atoms with Gasteiger partial charge < -0.3 is 10.2 Å². The number of nitrogens with zero attached hydrogens (tertiary/aromatic N) is 1. The fourth-order valence-corrected chi connectivity index (χ4v) is 3.09. The van der Waals surface area contributed by atoms with E-state index >= 15 is 0 Å². The summed E-state index contributed by atoms with van der Waals surface area (Å²) in [5, 5.41) is 3.65. The molecule has 1 aliphatic heterocycles. The summed E-state index contributed by atoms with van der Waals surface area (Å²) in [6.07, 6.45) is 3.85. The van der Waals surface area contributed by atoms with E-state index in [1.54, 1.807) is 0 Å². The molecule has 21 heavy (non-hydrogen) atoms. The molecule has 1 heterocycles. The van der Waals surface area contributed by atoms with E-state index < -0.39 is 0 Å². The Morgan fingerprint density at radius 3 is 2.57 bits per heavy atom. The second kappa shape index (κ2) is 6.83. The van der Waals surface area contributed by atoms with Crippen LogP contribution < -0.4 is 10.2 Å². The van der Waals surface area contributed by atoms with Crippen LogP contribution >= 0.6 is 0 Å². The van der Waals surface area contributed by atoms with Gasteiger partial charge in [-0.1, -0.05) is 25.1 Å². The van der Waals surface area contributed by atoms with Crippen LogP contribution in [0, 0.1) is 5.92 Å². The molecule has 2 unspecified atom stereocenters. The van der Waals surface area contributed by atoms with Gasteiger partial charge in [-0.15, -0.1) is 0 Å². The second-order valence-electron chi connectivity index (χ2n) is 7.63. The average Bonchev–Trinajstić information content (AvgIpc) is 2.65. The maximum Gasteiger partial charge on any atom is 0.0401 e. The Balaban J connectivity index is 2.09. The molecule has 0 bridgehead atoms. The second-order valence-corrected chi connectivity index (χ2v) is 7.63. The van der Waals surface area contributed by atoms with E-state index in [1.165, 1.54) is 37.1 Å². The average molecular weight is 288 g/mol. The van der Waals surface area contributed by atoms with Crippen LogP contribution in [0.2, 0.25) is 0 Å². The first kappa shape index (κ1) is 16.4. The van der Waals surface area contributed by atoms with Crippen molar-refractivity contribution in [2.75, 3.05) is 18.0 Å². The first-order chi connectivity index (χ1) is 9.88. The largest absolute Gasteiger partial charge is 0.368 e. The Kier molecular flexibility index (Phi) is 5.32. The molecule has 0 aromatic heterocycles. The van der Waals surface area contributed by atoms with Crippen LogP contribution in [0.1, 0.15) is 53.0 Å². The van der Waals surface area contributed by atoms with Crippen LogP contribution in [0.25, 0.3) is 0 Å². The number of hydrogen-bond donors (Lipinski definition) is 1. The maximum absolute atomic E-state index is 3.65. The minimum absolute atomic E-state index is 0.199. The van der Waals surface area contributed by atoms with Crippen molar-refractivity contribution in [1.29, 1.82) is 0 Å². The summed E-state index contributed by atoms with van der Waals surface area (Å²) < 4.78 is 0. The fraction of sp³-hybridized carbons (Fsp3) is 0.684. The number of nitrogens with one attached hydrogen (secondary N) is 1. The number of para-hydroxylation sites is 1. The summed E-state index contributed by atoms with van der Waals surface area (Å²) in [6.45, 7) is 13.7. The first-order valence-electron chi connectivity index (χ1n) is 8.48. The first-order valence-corrected chi connectivity index (χ1v) is 8.48. The summed E-state index contributed by atoms with van der Waals surface area (Å²) in [7, 11) is 0. The summed E-state index contributed by atoms with van der Waals surface area (Å²) in [5.74, 6) is 0.635. The minimum Gasteiger partial charge on any atom is -0.368 e. The predicted molar refractivity (Wildman–Crippen MR) is 93.1 cm³/mol. The molecule has 0 saturated heterocycles. The van der Waals surface area contributed by atoms with Crippen LogP contribution in [-0.4, -0.2) is 24.7 Å². The molecule has 2 nitrogen and oxygen atoms in total. The number of anilines is 1. The Labute approximate surface area is 130 Å². The molecule has 0 spiro atoms. The van der Waals surface area contributed by atoms with Gasteiger partial charge in [0, 0.05) is 30.4 Å². The van der Waals surface area contributed by atoms with Gasteiger partial charge in [-0.2, -0.15) is 0 Å². The number of hydrogen-bond acceptors (Lipinski definition) is 2. The van der Waals surface area contributed by atoms with Crippen LogP contribution in [-0.2, 0) is 6.42 Å². The molecule has 1 aromatic carbocycles. The highest BCUT2D eigenvalue weighted by molar-refractivity contribution is 5.55. The fourth-order valence-electron chi connectivity index (χ4n) is 3.09. The Hall–Kier alpha value is -1.02. The lowest BCUT2D eigenvalue weighted by molar-refractivity contribution is 0.350. The zero-order valence-electron chi connectivity index (χ0n) is 14.4. The molecule has 2 heteroatoms. The molecule has 0 fully saturated rings. The Morgan fingerprint density at radius 1 is 1.14 bits per heavy atom. The standard InChI is InChI=1S/C19H32N2/c1-15(14-20-19(3,4)5)16(2)21-13-9-8-11-17-10-6-7-12-18(17)21/h6-7,10,12,15-16,20H,8-9,11,13-14H2,1-5H3. The minimum atomic E-state index is 0.199. The van der Waals surface area contributed by atoms with Crippen molar-refractivity contribution in [3.05, 3.63) is 29.8 Å². The third-order valence-electron chi connectivity index (χ3n) is 4.67. The predicted octanol–water partition coefficient (Wildman–Crippen LogP) is 4.24. The summed E-state index contributed by atoms with van der Waals surface area (Å²) in [5.41, 5.74) is 3.19. The number of rotatable bonds is 4. The van der Waals surface area contributed by atoms with Crippen molar-refractivity contribution < 1.29 is 0 Å². The zero-order valence-corrected chi connectivity index (χ0v) is 14.4. The van der Waals surface area contributed by atoms with Gasteiger partial charge in [-0.05, 0) is 64.5 Å². The molecule has 118 valence electrons. The van der Waals surface area contributed by atoms with E-state index in [4.69, 9.17) is 0 Å². The van der Waals surface area contributed by atoms with Crippen molar-refractivity contribution in [2.45, 2.75) is 65.5 Å². The topological polar surface area (TPSA) is 15.3 Å². The Morgan fingerprint density at radius 2 is 1.86 bits per heavy atom. The van der Waals surface area contributed by atoms with E-state index in [9.17, 15) is 0 Å². The van der Waals surface area contributed by atoms with Crippen molar-refractivity contribution in [3.8, 4) is 0 Å². The maximum atomic E-state index is 3.65. The van der Waals surface area contributed by atoms with Crippen LogP contribution in [0.4, 0.5) is 5.69 Å². The van der Waals surface area contributed by atoms with E-state index in [2.05, 4.69) is 69.1 Å². The SMILES string of the molecule is CC(CNC(C)(C)C)C(C)N1CCCCc2ccccc21. The highest BCUT2D eigenvalue weighted by Gasteiger charge is 2.24. The van der Waals surface area contributed by atoms with Crippen LogP contribution in [0.5, 0.6) is 0 Å². The van der Waals surface area contributed by atoms with Crippen LogP contribution in [0.3, 0.4) is 0 Å². The van der Waals surface area contributed by atoms with Gasteiger partial charge >= 0.3 is 0 Å². The van der Waals surface area contributed by atoms with Gasteiger partial charge in [0.15, 0.2) is 0 Å². The number of fused-ring (bicyclic) bond motifs is 1.